The molecule has 1 atom stereocenters. The summed E-state index contributed by atoms with van der Waals surface area (Å²) in [6.45, 7) is 6.68. The van der Waals surface area contributed by atoms with Gasteiger partial charge in [0, 0.05) is 11.8 Å². The third-order valence-corrected chi connectivity index (χ3v) is 2.95. The number of hydrogen-bond donors (Lipinski definition) is 1. The Labute approximate surface area is 101 Å². The lowest BCUT2D eigenvalue weighted by Crippen LogP contribution is -2.19. The fourth-order valence-electron chi connectivity index (χ4n) is 1.39. The van der Waals surface area contributed by atoms with Crippen LogP contribution in [0.2, 0.25) is 0 Å². The van der Waals surface area contributed by atoms with Crippen LogP contribution in [0.3, 0.4) is 0 Å². The molecule has 0 amide bonds. The maximum atomic E-state index is 5.42. The highest BCUT2D eigenvalue weighted by molar-refractivity contribution is 7.98. The first-order valence-corrected chi connectivity index (χ1v) is 6.78. The molecule has 1 unspecified atom stereocenters. The van der Waals surface area contributed by atoms with Gasteiger partial charge in [0.15, 0.2) is 0 Å². The van der Waals surface area contributed by atoms with Crippen LogP contribution < -0.4 is 10.1 Å². The van der Waals surface area contributed by atoms with Crippen molar-refractivity contribution >= 4 is 17.6 Å². The molecule has 0 aliphatic carbocycles. The predicted octanol–water partition coefficient (Wildman–Crippen LogP) is 2.35. The summed E-state index contributed by atoms with van der Waals surface area (Å²) in [6.07, 6.45) is 3.63. The number of anilines is 1. The van der Waals surface area contributed by atoms with Crippen LogP contribution in [-0.4, -0.2) is 34.6 Å². The van der Waals surface area contributed by atoms with Crippen molar-refractivity contribution in [2.45, 2.75) is 26.8 Å². The summed E-state index contributed by atoms with van der Waals surface area (Å²) in [7, 11) is 0. The monoisotopic (exact) mass is 241 g/mol. The minimum atomic E-state index is 0.387. The first-order valence-electron chi connectivity index (χ1n) is 5.38. The molecule has 0 fully saturated rings. The molecule has 0 saturated heterocycles. The van der Waals surface area contributed by atoms with Gasteiger partial charge in [0.2, 0.25) is 5.88 Å². The van der Waals surface area contributed by atoms with E-state index >= 15 is 0 Å². The molecule has 0 bridgehead atoms. The summed E-state index contributed by atoms with van der Waals surface area (Å²) in [5.41, 5.74) is 0.970. The van der Waals surface area contributed by atoms with E-state index < -0.39 is 0 Å². The van der Waals surface area contributed by atoms with Crippen LogP contribution in [-0.2, 0) is 0 Å². The number of hydrogen-bond acceptors (Lipinski definition) is 5. The first kappa shape index (κ1) is 13.1. The standard InChI is InChI=1S/C11H19N3OS/c1-5-15-11-9(3)10(12-7-13-11)14-8(2)6-16-4/h7-8H,5-6H2,1-4H3,(H,12,13,14). The Morgan fingerprint density at radius 1 is 1.50 bits per heavy atom. The number of rotatable bonds is 6. The van der Waals surface area contributed by atoms with Crippen molar-refractivity contribution in [3.8, 4) is 5.88 Å². The van der Waals surface area contributed by atoms with Gasteiger partial charge in [-0.3, -0.25) is 0 Å². The molecule has 0 saturated carbocycles. The zero-order valence-electron chi connectivity index (χ0n) is 10.3. The minimum absolute atomic E-state index is 0.387. The number of aromatic nitrogens is 2. The van der Waals surface area contributed by atoms with Crippen molar-refractivity contribution in [3.05, 3.63) is 11.9 Å². The second-order valence-corrected chi connectivity index (χ2v) is 4.50. The predicted molar refractivity (Wildman–Crippen MR) is 69.4 cm³/mol. The Balaban J connectivity index is 2.76. The molecule has 1 aromatic rings. The molecule has 16 heavy (non-hydrogen) atoms. The molecule has 4 nitrogen and oxygen atoms in total. The molecule has 1 heterocycles. The summed E-state index contributed by atoms with van der Waals surface area (Å²) in [5, 5.41) is 3.36. The first-order chi connectivity index (χ1) is 7.69. The van der Waals surface area contributed by atoms with Crippen LogP contribution in [0.25, 0.3) is 0 Å². The molecule has 0 aromatic carbocycles. The SMILES string of the molecule is CCOc1ncnc(NC(C)CSC)c1C. The Hall–Kier alpha value is -0.970. The van der Waals surface area contributed by atoms with Gasteiger partial charge in [0.1, 0.15) is 12.1 Å². The summed E-state index contributed by atoms with van der Waals surface area (Å²) in [5.74, 6) is 2.57. The van der Waals surface area contributed by atoms with E-state index in [-0.39, 0.29) is 0 Å². The third-order valence-electron chi connectivity index (χ3n) is 2.12. The molecule has 1 N–H and O–H groups in total. The molecule has 1 aromatic heterocycles. The average molecular weight is 241 g/mol. The lowest BCUT2D eigenvalue weighted by Gasteiger charge is -2.16. The van der Waals surface area contributed by atoms with Gasteiger partial charge >= 0.3 is 0 Å². The zero-order valence-corrected chi connectivity index (χ0v) is 11.1. The maximum Gasteiger partial charge on any atom is 0.221 e. The van der Waals surface area contributed by atoms with Crippen molar-refractivity contribution in [2.75, 3.05) is 23.9 Å². The minimum Gasteiger partial charge on any atom is -0.478 e. The Bertz CT molecular complexity index is 333. The number of nitrogens with zero attached hydrogens (tertiary/aromatic N) is 2. The van der Waals surface area contributed by atoms with Crippen LogP contribution in [0, 0.1) is 6.92 Å². The third kappa shape index (κ3) is 3.56. The van der Waals surface area contributed by atoms with Gasteiger partial charge in [-0.05, 0) is 27.0 Å². The van der Waals surface area contributed by atoms with Crippen molar-refractivity contribution in [3.63, 3.8) is 0 Å². The summed E-state index contributed by atoms with van der Waals surface area (Å²) < 4.78 is 5.42. The van der Waals surface area contributed by atoms with E-state index in [1.165, 1.54) is 6.33 Å². The Morgan fingerprint density at radius 3 is 2.88 bits per heavy atom. The molecule has 90 valence electrons. The van der Waals surface area contributed by atoms with E-state index in [1.807, 2.05) is 25.6 Å². The Kier molecular flexibility index (Phi) is 5.38. The van der Waals surface area contributed by atoms with E-state index in [1.54, 1.807) is 0 Å². The lowest BCUT2D eigenvalue weighted by molar-refractivity contribution is 0.324. The topological polar surface area (TPSA) is 47.0 Å². The number of ether oxygens (including phenoxy) is 1. The van der Waals surface area contributed by atoms with Gasteiger partial charge in [0.25, 0.3) is 0 Å². The highest BCUT2D eigenvalue weighted by Crippen LogP contribution is 2.21. The lowest BCUT2D eigenvalue weighted by atomic mass is 10.3. The van der Waals surface area contributed by atoms with Crippen molar-refractivity contribution in [1.82, 2.24) is 9.97 Å². The summed E-state index contributed by atoms with van der Waals surface area (Å²) >= 11 is 1.81. The highest BCUT2D eigenvalue weighted by atomic mass is 32.2. The Morgan fingerprint density at radius 2 is 2.25 bits per heavy atom. The second kappa shape index (κ2) is 6.58. The molecular weight excluding hydrogens is 222 g/mol. The number of thioether (sulfide) groups is 1. The molecule has 0 spiro atoms. The fourth-order valence-corrected chi connectivity index (χ4v) is 1.97. The highest BCUT2D eigenvalue weighted by Gasteiger charge is 2.09. The van der Waals surface area contributed by atoms with Crippen molar-refractivity contribution in [2.24, 2.45) is 0 Å². The van der Waals surface area contributed by atoms with Gasteiger partial charge in [-0.25, -0.2) is 9.97 Å². The molecule has 1 rings (SSSR count). The van der Waals surface area contributed by atoms with Crippen LogP contribution in [0.15, 0.2) is 6.33 Å². The molecule has 0 radical (unpaired) electrons. The van der Waals surface area contributed by atoms with Crippen LogP contribution in [0.5, 0.6) is 5.88 Å². The van der Waals surface area contributed by atoms with Gasteiger partial charge in [-0.2, -0.15) is 11.8 Å². The average Bonchev–Trinajstić information content (AvgIpc) is 2.24. The fraction of sp³-hybridized carbons (Fsp3) is 0.636. The summed E-state index contributed by atoms with van der Waals surface area (Å²) in [6, 6.07) is 0.387. The molecule has 5 heteroatoms. The van der Waals surface area contributed by atoms with E-state index in [0.717, 1.165) is 17.1 Å². The van der Waals surface area contributed by atoms with E-state index in [4.69, 9.17) is 4.74 Å². The van der Waals surface area contributed by atoms with Crippen LogP contribution in [0.4, 0.5) is 5.82 Å². The van der Waals surface area contributed by atoms with Crippen molar-refractivity contribution in [1.29, 1.82) is 0 Å². The van der Waals surface area contributed by atoms with E-state index in [2.05, 4.69) is 28.5 Å². The van der Waals surface area contributed by atoms with Crippen molar-refractivity contribution < 1.29 is 4.74 Å². The zero-order chi connectivity index (χ0) is 12.0. The maximum absolute atomic E-state index is 5.42. The van der Waals surface area contributed by atoms with Crippen LogP contribution in [0.1, 0.15) is 19.4 Å². The number of nitrogens with one attached hydrogen (secondary N) is 1. The molecule has 0 aliphatic heterocycles. The van der Waals surface area contributed by atoms with Crippen LogP contribution >= 0.6 is 11.8 Å². The normalized spacial score (nSPS) is 12.2. The smallest absolute Gasteiger partial charge is 0.221 e. The van der Waals surface area contributed by atoms with Gasteiger partial charge in [-0.1, -0.05) is 0 Å². The van der Waals surface area contributed by atoms with Gasteiger partial charge in [0.05, 0.1) is 12.2 Å². The largest absolute Gasteiger partial charge is 0.478 e. The molecule has 0 aliphatic rings. The molecular formula is C11H19N3OS. The summed E-state index contributed by atoms with van der Waals surface area (Å²) in [4.78, 5) is 8.34. The quantitative estimate of drug-likeness (QED) is 0.828. The van der Waals surface area contributed by atoms with E-state index in [9.17, 15) is 0 Å². The van der Waals surface area contributed by atoms with Gasteiger partial charge < -0.3 is 10.1 Å². The van der Waals surface area contributed by atoms with Gasteiger partial charge in [-0.15, -0.1) is 0 Å². The van der Waals surface area contributed by atoms with E-state index in [0.29, 0.717) is 18.5 Å². The second-order valence-electron chi connectivity index (χ2n) is 3.59.